The van der Waals surface area contributed by atoms with Crippen molar-refractivity contribution in [3.05, 3.63) is 51.6 Å². The lowest BCUT2D eigenvalue weighted by atomic mass is 10.1. The largest absolute Gasteiger partial charge is 0.506 e. The van der Waals surface area contributed by atoms with Gasteiger partial charge in [0.1, 0.15) is 11.3 Å². The molecule has 4 rings (SSSR count). The number of hydrogen-bond acceptors (Lipinski definition) is 7. The number of rotatable bonds is 10. The van der Waals surface area contributed by atoms with Gasteiger partial charge >= 0.3 is 4.87 Å². The molecule has 32 heavy (non-hydrogen) atoms. The first-order valence-electron chi connectivity index (χ1n) is 10.3. The molecule has 1 aromatic heterocycles. The summed E-state index contributed by atoms with van der Waals surface area (Å²) in [5, 5.41) is 12.9. The van der Waals surface area contributed by atoms with Gasteiger partial charge in [0.25, 0.3) is 0 Å². The molecule has 0 aliphatic heterocycles. The molecule has 7 nitrogen and oxygen atoms in total. The third-order valence-corrected chi connectivity index (χ3v) is 7.97. The lowest BCUT2D eigenvalue weighted by Gasteiger charge is -2.16. The molecule has 1 unspecified atom stereocenters. The van der Waals surface area contributed by atoms with Crippen molar-refractivity contribution in [3.63, 3.8) is 0 Å². The number of halogens is 1. The summed E-state index contributed by atoms with van der Waals surface area (Å²) >= 11 is 1.06. The SMILES string of the molecule is CCOC(CC)S(=O)(=O)CCNCCc1ccc(O)c2[nH]c(=O)sc12.Cl.c1cc2cc-2c1. The van der Waals surface area contributed by atoms with Crippen LogP contribution in [0.5, 0.6) is 5.75 Å². The highest BCUT2D eigenvalue weighted by atomic mass is 35.5. The maximum atomic E-state index is 12.2. The standard InChI is InChI=1S/C16H24N2O5S2.C6H4.ClH/c1-3-13(23-4-2)25(21,22)10-9-17-8-7-11-5-6-12(19)14-15(11)24-16(20)18-14;1-2-5-4-6(5)3-1;/h5-6,13,17,19H,3-4,7-10H2,1-2H3,(H,18,20);1-4H;1H. The van der Waals surface area contributed by atoms with E-state index in [1.165, 1.54) is 11.1 Å². The van der Waals surface area contributed by atoms with Crippen LogP contribution in [0.1, 0.15) is 25.8 Å². The van der Waals surface area contributed by atoms with Gasteiger partial charge in [-0.2, -0.15) is 0 Å². The summed E-state index contributed by atoms with van der Waals surface area (Å²) in [6, 6.07) is 11.8. The summed E-state index contributed by atoms with van der Waals surface area (Å²) in [4.78, 5) is 13.9. The summed E-state index contributed by atoms with van der Waals surface area (Å²) in [6.45, 7) is 4.87. The number of aromatic amines is 1. The summed E-state index contributed by atoms with van der Waals surface area (Å²) in [5.41, 5.74) is 3.50. The Hall–Kier alpha value is -1.91. The molecule has 1 heterocycles. The minimum Gasteiger partial charge on any atom is -0.506 e. The molecule has 10 heteroatoms. The first-order chi connectivity index (χ1) is 14.9. The van der Waals surface area contributed by atoms with E-state index in [0.717, 1.165) is 21.6 Å². The molecular weight excluding hydrogens is 472 g/mol. The maximum Gasteiger partial charge on any atom is 0.305 e. The third-order valence-electron chi connectivity index (χ3n) is 4.97. The van der Waals surface area contributed by atoms with E-state index >= 15 is 0 Å². The second-order valence-corrected chi connectivity index (χ2v) is 10.4. The Morgan fingerprint density at radius 3 is 2.44 bits per heavy atom. The van der Waals surface area contributed by atoms with Crippen molar-refractivity contribution in [1.82, 2.24) is 10.3 Å². The highest BCUT2D eigenvalue weighted by Crippen LogP contribution is 2.32. The van der Waals surface area contributed by atoms with E-state index in [-0.39, 0.29) is 28.8 Å². The molecule has 0 bridgehead atoms. The number of aromatic nitrogens is 1. The van der Waals surface area contributed by atoms with E-state index in [0.29, 0.717) is 38.1 Å². The van der Waals surface area contributed by atoms with Crippen LogP contribution in [0, 0.1) is 0 Å². The van der Waals surface area contributed by atoms with Crippen molar-refractivity contribution in [3.8, 4) is 16.9 Å². The van der Waals surface area contributed by atoms with E-state index < -0.39 is 15.3 Å². The van der Waals surface area contributed by atoms with E-state index in [1.807, 2.05) is 0 Å². The van der Waals surface area contributed by atoms with Gasteiger partial charge in [-0.3, -0.25) is 4.79 Å². The highest BCUT2D eigenvalue weighted by Gasteiger charge is 2.23. The molecule has 0 saturated heterocycles. The topological polar surface area (TPSA) is 108 Å². The zero-order chi connectivity index (χ0) is 22.4. The molecule has 2 aliphatic carbocycles. The van der Waals surface area contributed by atoms with Crippen molar-refractivity contribution in [1.29, 1.82) is 0 Å². The second-order valence-electron chi connectivity index (χ2n) is 7.20. The van der Waals surface area contributed by atoms with Crippen LogP contribution in [-0.4, -0.2) is 49.4 Å². The minimum atomic E-state index is -3.28. The summed E-state index contributed by atoms with van der Waals surface area (Å²) < 4.78 is 30.4. The summed E-state index contributed by atoms with van der Waals surface area (Å²) in [7, 11) is -3.28. The van der Waals surface area contributed by atoms with Crippen molar-refractivity contribution in [2.24, 2.45) is 0 Å². The van der Waals surface area contributed by atoms with Crippen molar-refractivity contribution >= 4 is 43.8 Å². The van der Waals surface area contributed by atoms with Gasteiger partial charge in [0.15, 0.2) is 15.3 Å². The normalized spacial score (nSPS) is 12.6. The Kier molecular flexibility index (Phi) is 9.72. The van der Waals surface area contributed by atoms with Gasteiger partial charge in [0, 0.05) is 13.2 Å². The van der Waals surface area contributed by atoms with Crippen molar-refractivity contribution in [2.45, 2.75) is 32.1 Å². The van der Waals surface area contributed by atoms with Crippen LogP contribution in [0.25, 0.3) is 21.3 Å². The van der Waals surface area contributed by atoms with Gasteiger partial charge in [0.2, 0.25) is 0 Å². The number of fused-ring (bicyclic) bond motifs is 2. The average Bonchev–Trinajstić information content (AvgIpc) is 3.13. The molecular formula is C22H29ClN2O5S2. The Morgan fingerprint density at radius 1 is 1.16 bits per heavy atom. The van der Waals surface area contributed by atoms with E-state index in [4.69, 9.17) is 4.74 Å². The fraction of sp³-hybridized carbons (Fsp3) is 0.409. The molecule has 2 aromatic rings. The first-order valence-corrected chi connectivity index (χ1v) is 12.9. The van der Waals surface area contributed by atoms with Crippen LogP contribution in [0.15, 0.2) is 41.2 Å². The molecule has 2 aliphatic rings. The zero-order valence-corrected chi connectivity index (χ0v) is 20.5. The summed E-state index contributed by atoms with van der Waals surface area (Å²) in [5.74, 6) is 0.0752. The lowest BCUT2D eigenvalue weighted by molar-refractivity contribution is 0.115. The Balaban J connectivity index is 0.000000438. The number of hydrogen-bond donors (Lipinski definition) is 3. The predicted octanol–water partition coefficient (Wildman–Crippen LogP) is 3.70. The zero-order valence-electron chi connectivity index (χ0n) is 18.1. The van der Waals surface area contributed by atoms with E-state index in [2.05, 4.69) is 34.6 Å². The molecule has 3 N–H and O–H groups in total. The van der Waals surface area contributed by atoms with Crippen LogP contribution in [0.3, 0.4) is 0 Å². The number of ether oxygens (including phenoxy) is 1. The fourth-order valence-corrected chi connectivity index (χ4v) is 5.74. The maximum absolute atomic E-state index is 12.2. The minimum absolute atomic E-state index is 0. The number of H-pyrrole nitrogens is 1. The molecule has 0 fully saturated rings. The monoisotopic (exact) mass is 500 g/mol. The molecule has 0 spiro atoms. The first kappa shape index (κ1) is 26.3. The van der Waals surface area contributed by atoms with Crippen LogP contribution in [-0.2, 0) is 21.0 Å². The number of aromatic hydroxyl groups is 1. The van der Waals surface area contributed by atoms with Gasteiger partial charge in [-0.05, 0) is 55.1 Å². The Bertz CT molecular complexity index is 1170. The second kappa shape index (κ2) is 11.8. The van der Waals surface area contributed by atoms with Crippen LogP contribution < -0.4 is 10.2 Å². The Morgan fingerprint density at radius 2 is 1.88 bits per heavy atom. The highest BCUT2D eigenvalue weighted by molar-refractivity contribution is 7.91. The lowest BCUT2D eigenvalue weighted by Crippen LogP contribution is -2.32. The smallest absolute Gasteiger partial charge is 0.305 e. The van der Waals surface area contributed by atoms with Gasteiger partial charge in [-0.15, -0.1) is 12.4 Å². The number of sulfone groups is 1. The average molecular weight is 501 g/mol. The number of phenolic OH excluding ortho intramolecular Hbond substituents is 1. The molecule has 0 amide bonds. The number of thiazole rings is 1. The van der Waals surface area contributed by atoms with Gasteiger partial charge in [-0.25, -0.2) is 8.42 Å². The quantitative estimate of drug-likeness (QED) is 0.286. The molecule has 176 valence electrons. The molecule has 0 radical (unpaired) electrons. The van der Waals surface area contributed by atoms with Crippen molar-refractivity contribution in [2.75, 3.05) is 25.4 Å². The van der Waals surface area contributed by atoms with Crippen LogP contribution in [0.2, 0.25) is 0 Å². The molecule has 0 saturated carbocycles. The number of nitrogens with one attached hydrogen (secondary N) is 2. The Labute approximate surface area is 198 Å². The third kappa shape index (κ3) is 6.79. The van der Waals surface area contributed by atoms with Crippen LogP contribution >= 0.6 is 23.7 Å². The van der Waals surface area contributed by atoms with Gasteiger partial charge < -0.3 is 20.1 Å². The molecule has 1 atom stereocenters. The van der Waals surface area contributed by atoms with Crippen LogP contribution in [0.4, 0.5) is 0 Å². The molecule has 1 aromatic carbocycles. The van der Waals surface area contributed by atoms with E-state index in [1.54, 1.807) is 26.0 Å². The van der Waals surface area contributed by atoms with Crippen molar-refractivity contribution < 1.29 is 18.3 Å². The van der Waals surface area contributed by atoms with E-state index in [9.17, 15) is 18.3 Å². The summed E-state index contributed by atoms with van der Waals surface area (Å²) in [6.07, 6.45) is 1.07. The van der Waals surface area contributed by atoms with Gasteiger partial charge in [0.05, 0.1) is 10.5 Å². The predicted molar refractivity (Wildman–Crippen MR) is 133 cm³/mol. The number of phenols is 1. The fourth-order valence-electron chi connectivity index (χ4n) is 3.30. The number of benzene rings is 2. The van der Waals surface area contributed by atoms with Gasteiger partial charge in [-0.1, -0.05) is 42.5 Å².